The molecule has 21 heavy (non-hydrogen) atoms. The predicted octanol–water partition coefficient (Wildman–Crippen LogP) is 2.01. The number of benzene rings is 2. The topological polar surface area (TPSA) is 126 Å². The van der Waals surface area contributed by atoms with Gasteiger partial charge >= 0.3 is 0 Å². The van der Waals surface area contributed by atoms with E-state index in [0.29, 0.717) is 16.8 Å². The van der Waals surface area contributed by atoms with Crippen molar-refractivity contribution in [3.8, 4) is 0 Å². The van der Waals surface area contributed by atoms with Crippen LogP contribution in [0.5, 0.6) is 0 Å². The Balaban J connectivity index is 2.21. The summed E-state index contributed by atoms with van der Waals surface area (Å²) in [4.78, 5) is 0. The summed E-state index contributed by atoms with van der Waals surface area (Å²) in [7, 11) is 0. The molecule has 0 saturated carbocycles. The Morgan fingerprint density at radius 2 is 1.38 bits per heavy atom. The van der Waals surface area contributed by atoms with Gasteiger partial charge in [0.15, 0.2) is 0 Å². The highest BCUT2D eigenvalue weighted by Gasteiger charge is 2.00. The molecule has 8 N–H and O–H groups in total. The van der Waals surface area contributed by atoms with Crippen LogP contribution in [0.25, 0.3) is 12.2 Å². The minimum Gasteiger partial charge on any atom is -0.398 e. The summed E-state index contributed by atoms with van der Waals surface area (Å²) >= 11 is 0. The van der Waals surface area contributed by atoms with Crippen LogP contribution < -0.4 is 17.2 Å². The van der Waals surface area contributed by atoms with E-state index in [0.717, 1.165) is 11.1 Å². The van der Waals surface area contributed by atoms with Crippen molar-refractivity contribution in [1.82, 2.24) is 0 Å². The molecule has 0 unspecified atom stereocenters. The van der Waals surface area contributed by atoms with Crippen LogP contribution in [0.3, 0.4) is 0 Å². The molecule has 106 valence electrons. The van der Waals surface area contributed by atoms with Gasteiger partial charge in [0.05, 0.1) is 0 Å². The number of nitrogen functional groups attached to an aromatic ring is 3. The fraction of sp³-hybridized carbons (Fsp3) is 0. The first-order chi connectivity index (χ1) is 9.97. The van der Waals surface area contributed by atoms with Crippen molar-refractivity contribution < 1.29 is 0 Å². The molecule has 0 heterocycles. The molecular formula is C16H17N5. The Hall–Kier alpha value is -3.08. The first-order valence-electron chi connectivity index (χ1n) is 6.34. The molecule has 2 aromatic rings. The van der Waals surface area contributed by atoms with Gasteiger partial charge in [0.25, 0.3) is 0 Å². The molecule has 2 rings (SSSR count). The minimum absolute atomic E-state index is 0.00273. The highest BCUT2D eigenvalue weighted by atomic mass is 14.7. The third-order valence-corrected chi connectivity index (χ3v) is 3.07. The second-order valence-corrected chi connectivity index (χ2v) is 4.63. The molecule has 0 atom stereocenters. The van der Waals surface area contributed by atoms with Crippen LogP contribution in [-0.4, -0.2) is 11.7 Å². The number of amidine groups is 2. The van der Waals surface area contributed by atoms with Crippen LogP contribution in [0, 0.1) is 10.8 Å². The first kappa shape index (κ1) is 14.3. The molecule has 0 spiro atoms. The van der Waals surface area contributed by atoms with E-state index in [9.17, 15) is 0 Å². The lowest BCUT2D eigenvalue weighted by molar-refractivity contribution is 1.42. The van der Waals surface area contributed by atoms with Gasteiger partial charge in [-0.2, -0.15) is 0 Å². The molecule has 0 aliphatic rings. The van der Waals surface area contributed by atoms with Gasteiger partial charge < -0.3 is 17.2 Å². The second kappa shape index (κ2) is 5.92. The molecule has 0 aliphatic carbocycles. The van der Waals surface area contributed by atoms with Crippen LogP contribution >= 0.6 is 0 Å². The van der Waals surface area contributed by atoms with Gasteiger partial charge in [-0.05, 0) is 17.2 Å². The Morgan fingerprint density at radius 3 is 1.90 bits per heavy atom. The van der Waals surface area contributed by atoms with Crippen molar-refractivity contribution in [3.63, 3.8) is 0 Å². The molecule has 0 saturated heterocycles. The van der Waals surface area contributed by atoms with E-state index < -0.39 is 0 Å². The third-order valence-electron chi connectivity index (χ3n) is 3.07. The Kier molecular flexibility index (Phi) is 4.04. The minimum atomic E-state index is -0.00273. The molecule has 0 bridgehead atoms. The number of nitrogens with one attached hydrogen (secondary N) is 2. The predicted molar refractivity (Wildman–Crippen MR) is 88.3 cm³/mol. The van der Waals surface area contributed by atoms with E-state index in [4.69, 9.17) is 28.0 Å². The quantitative estimate of drug-likeness (QED) is 0.254. The maximum Gasteiger partial charge on any atom is 0.122 e. The zero-order valence-electron chi connectivity index (χ0n) is 11.4. The van der Waals surface area contributed by atoms with E-state index >= 15 is 0 Å². The number of anilines is 1. The fourth-order valence-corrected chi connectivity index (χ4v) is 1.85. The summed E-state index contributed by atoms with van der Waals surface area (Å²) in [6.45, 7) is 0. The summed E-state index contributed by atoms with van der Waals surface area (Å²) < 4.78 is 0. The summed E-state index contributed by atoms with van der Waals surface area (Å²) in [5.41, 5.74) is 20.5. The molecule has 0 aromatic heterocycles. The molecule has 0 radical (unpaired) electrons. The standard InChI is InChI=1S/C16H17N5/c17-14-9-13(16(20)21)8-7-11(14)4-1-10-2-5-12(6-3-10)15(18)19/h1-9H,17H2,(H3,18,19)(H3,20,21)/b4-1-. The average Bonchev–Trinajstić information content (AvgIpc) is 2.46. The largest absolute Gasteiger partial charge is 0.398 e. The normalized spacial score (nSPS) is 10.7. The lowest BCUT2D eigenvalue weighted by Gasteiger charge is -2.04. The van der Waals surface area contributed by atoms with E-state index in [-0.39, 0.29) is 11.7 Å². The molecule has 5 heteroatoms. The summed E-state index contributed by atoms with van der Waals surface area (Å²) in [5, 5.41) is 14.7. The van der Waals surface area contributed by atoms with Crippen LogP contribution in [0.4, 0.5) is 5.69 Å². The van der Waals surface area contributed by atoms with Crippen molar-refractivity contribution in [3.05, 3.63) is 64.7 Å². The monoisotopic (exact) mass is 279 g/mol. The SMILES string of the molecule is N=C(N)c1ccc(/C=C\c2ccc(C(=N)N)cc2N)cc1. The molecule has 0 aliphatic heterocycles. The molecule has 5 nitrogen and oxygen atoms in total. The maximum atomic E-state index is 7.37. The van der Waals surface area contributed by atoms with Crippen LogP contribution in [0.2, 0.25) is 0 Å². The number of hydrogen-bond donors (Lipinski definition) is 5. The van der Waals surface area contributed by atoms with Crippen molar-refractivity contribution in [1.29, 1.82) is 10.8 Å². The van der Waals surface area contributed by atoms with E-state index in [1.165, 1.54) is 0 Å². The van der Waals surface area contributed by atoms with E-state index in [1.807, 2.05) is 30.4 Å². The van der Waals surface area contributed by atoms with Gasteiger partial charge in [0, 0.05) is 16.8 Å². The third kappa shape index (κ3) is 3.48. The number of rotatable bonds is 4. The van der Waals surface area contributed by atoms with Crippen molar-refractivity contribution in [2.24, 2.45) is 11.5 Å². The fourth-order valence-electron chi connectivity index (χ4n) is 1.85. The van der Waals surface area contributed by atoms with Gasteiger partial charge in [-0.3, -0.25) is 10.8 Å². The highest BCUT2D eigenvalue weighted by Crippen LogP contribution is 2.17. The summed E-state index contributed by atoms with van der Waals surface area (Å²) in [6, 6.07) is 12.6. The van der Waals surface area contributed by atoms with Crippen LogP contribution in [0.15, 0.2) is 42.5 Å². The Labute approximate surface area is 123 Å². The Bertz CT molecular complexity index is 714. The zero-order chi connectivity index (χ0) is 15.4. The highest BCUT2D eigenvalue weighted by molar-refractivity contribution is 5.97. The molecular weight excluding hydrogens is 262 g/mol. The average molecular weight is 279 g/mol. The lowest BCUT2D eigenvalue weighted by atomic mass is 10.1. The molecule has 0 amide bonds. The van der Waals surface area contributed by atoms with Gasteiger partial charge in [0.1, 0.15) is 11.7 Å². The van der Waals surface area contributed by atoms with Gasteiger partial charge in [-0.25, -0.2) is 0 Å². The van der Waals surface area contributed by atoms with Crippen LogP contribution in [-0.2, 0) is 0 Å². The van der Waals surface area contributed by atoms with Crippen LogP contribution in [0.1, 0.15) is 22.3 Å². The van der Waals surface area contributed by atoms with Gasteiger partial charge in [-0.1, -0.05) is 48.6 Å². The van der Waals surface area contributed by atoms with Gasteiger partial charge in [0.2, 0.25) is 0 Å². The van der Waals surface area contributed by atoms with E-state index in [2.05, 4.69) is 0 Å². The second-order valence-electron chi connectivity index (χ2n) is 4.63. The van der Waals surface area contributed by atoms with Gasteiger partial charge in [-0.15, -0.1) is 0 Å². The molecule has 2 aromatic carbocycles. The first-order valence-corrected chi connectivity index (χ1v) is 6.34. The van der Waals surface area contributed by atoms with Crippen molar-refractivity contribution in [2.75, 3.05) is 5.73 Å². The summed E-state index contributed by atoms with van der Waals surface area (Å²) in [6.07, 6.45) is 3.81. The van der Waals surface area contributed by atoms with E-state index in [1.54, 1.807) is 24.3 Å². The van der Waals surface area contributed by atoms with Crippen molar-refractivity contribution >= 4 is 29.5 Å². The number of nitrogens with two attached hydrogens (primary N) is 3. The maximum absolute atomic E-state index is 7.37. The number of hydrogen-bond acceptors (Lipinski definition) is 3. The smallest absolute Gasteiger partial charge is 0.122 e. The van der Waals surface area contributed by atoms with Crippen molar-refractivity contribution in [2.45, 2.75) is 0 Å². The molecule has 0 fully saturated rings. The Morgan fingerprint density at radius 1 is 0.810 bits per heavy atom. The lowest BCUT2D eigenvalue weighted by Crippen LogP contribution is -2.11. The zero-order valence-corrected chi connectivity index (χ0v) is 11.4. The summed E-state index contributed by atoms with van der Waals surface area (Å²) in [5.74, 6) is 0.0478.